The molecule has 0 radical (unpaired) electrons. The number of nitrogens with zero attached hydrogens (tertiary/aromatic N) is 1. The number of carbonyl (C=O) groups is 1. The van der Waals surface area contributed by atoms with Crippen molar-refractivity contribution in [3.63, 3.8) is 0 Å². The number of aromatic nitrogens is 1. The van der Waals surface area contributed by atoms with E-state index in [1.807, 2.05) is 36.4 Å². The van der Waals surface area contributed by atoms with Gasteiger partial charge in [-0.3, -0.25) is 9.59 Å². The second-order valence-electron chi connectivity index (χ2n) is 6.89. The highest BCUT2D eigenvalue weighted by Crippen LogP contribution is 2.19. The number of nitrogens with two attached hydrogens (primary N) is 1. The van der Waals surface area contributed by atoms with Crippen LogP contribution in [0, 0.1) is 0 Å². The molecule has 0 atom stereocenters. The highest BCUT2D eigenvalue weighted by atomic mass is 35.5. The summed E-state index contributed by atoms with van der Waals surface area (Å²) < 4.78 is 0. The third kappa shape index (κ3) is 5.44. The van der Waals surface area contributed by atoms with E-state index in [9.17, 15) is 9.59 Å². The van der Waals surface area contributed by atoms with Crippen LogP contribution in [0.5, 0.6) is 0 Å². The Hall–Kier alpha value is -2.11. The van der Waals surface area contributed by atoms with E-state index in [2.05, 4.69) is 4.98 Å². The maximum absolute atomic E-state index is 13.0. The van der Waals surface area contributed by atoms with Gasteiger partial charge in [0, 0.05) is 25.3 Å². The van der Waals surface area contributed by atoms with Crippen LogP contribution >= 0.6 is 12.4 Å². The Bertz CT molecular complexity index is 805. The monoisotopic (exact) mass is 389 g/mol. The van der Waals surface area contributed by atoms with Crippen molar-refractivity contribution in [1.82, 2.24) is 9.88 Å². The number of pyridine rings is 1. The molecule has 6 heteroatoms. The Morgan fingerprint density at radius 3 is 2.56 bits per heavy atom. The summed E-state index contributed by atoms with van der Waals surface area (Å²) >= 11 is 0. The average Bonchev–Trinajstić information content (AvgIpc) is 2.89. The standard InChI is InChI=1S/C21H27N3O2.ClH/c22-12-14-24(13-11-16-7-3-1-4-8-16)21(26)18-15-17-9-5-2-6-10-19(17)23-20(18)25;/h1,3-4,7-8,15H,2,5-6,9-14,22H2,(H,23,25);1H. The molecule has 3 N–H and O–H groups in total. The van der Waals surface area contributed by atoms with Crippen LogP contribution in [-0.4, -0.2) is 35.4 Å². The average molecular weight is 390 g/mol. The zero-order chi connectivity index (χ0) is 18.4. The number of carbonyl (C=O) groups excluding carboxylic acids is 1. The summed E-state index contributed by atoms with van der Waals surface area (Å²) in [6.45, 7) is 1.38. The van der Waals surface area contributed by atoms with E-state index >= 15 is 0 Å². The Morgan fingerprint density at radius 1 is 1.07 bits per heavy atom. The topological polar surface area (TPSA) is 79.2 Å². The number of aryl methyl sites for hydroxylation is 2. The first-order valence-electron chi connectivity index (χ1n) is 9.47. The van der Waals surface area contributed by atoms with Crippen LogP contribution in [0.25, 0.3) is 0 Å². The van der Waals surface area contributed by atoms with E-state index < -0.39 is 0 Å². The second-order valence-corrected chi connectivity index (χ2v) is 6.89. The normalized spacial score (nSPS) is 13.2. The molecule has 5 nitrogen and oxygen atoms in total. The van der Waals surface area contributed by atoms with Crippen molar-refractivity contribution >= 4 is 18.3 Å². The van der Waals surface area contributed by atoms with Gasteiger partial charge in [-0.15, -0.1) is 12.4 Å². The van der Waals surface area contributed by atoms with Gasteiger partial charge in [0.25, 0.3) is 11.5 Å². The first-order chi connectivity index (χ1) is 12.7. The van der Waals surface area contributed by atoms with Gasteiger partial charge in [-0.05, 0) is 49.3 Å². The largest absolute Gasteiger partial charge is 0.337 e. The molecular formula is C21H28ClN3O2. The molecule has 27 heavy (non-hydrogen) atoms. The molecule has 146 valence electrons. The van der Waals surface area contributed by atoms with Crippen molar-refractivity contribution in [2.75, 3.05) is 19.6 Å². The molecule has 0 fully saturated rings. The lowest BCUT2D eigenvalue weighted by Gasteiger charge is -2.22. The molecule has 0 saturated heterocycles. The highest BCUT2D eigenvalue weighted by Gasteiger charge is 2.21. The van der Waals surface area contributed by atoms with Crippen LogP contribution < -0.4 is 11.3 Å². The number of amides is 1. The fraction of sp³-hybridized carbons (Fsp3) is 0.429. The van der Waals surface area contributed by atoms with E-state index in [-0.39, 0.29) is 29.4 Å². The molecule has 0 spiro atoms. The van der Waals surface area contributed by atoms with Crippen molar-refractivity contribution in [2.24, 2.45) is 5.73 Å². The quantitative estimate of drug-likeness (QED) is 0.745. The zero-order valence-corrected chi connectivity index (χ0v) is 16.4. The Balaban J connectivity index is 0.00000261. The predicted molar refractivity (Wildman–Crippen MR) is 111 cm³/mol. The molecule has 1 aromatic carbocycles. The molecule has 1 aromatic heterocycles. The SMILES string of the molecule is Cl.NCCN(CCc1ccccc1)C(=O)c1cc2c([nH]c1=O)CCCCC2. The van der Waals surface area contributed by atoms with Crippen LogP contribution in [0.2, 0.25) is 0 Å². The van der Waals surface area contributed by atoms with E-state index in [0.717, 1.165) is 55.3 Å². The lowest BCUT2D eigenvalue weighted by atomic mass is 10.1. The summed E-state index contributed by atoms with van der Waals surface area (Å²) in [7, 11) is 0. The van der Waals surface area contributed by atoms with E-state index in [0.29, 0.717) is 19.6 Å². The van der Waals surface area contributed by atoms with Gasteiger partial charge in [0.05, 0.1) is 0 Å². The zero-order valence-electron chi connectivity index (χ0n) is 15.6. The molecule has 0 bridgehead atoms. The molecular weight excluding hydrogens is 362 g/mol. The molecule has 0 unspecified atom stereocenters. The van der Waals surface area contributed by atoms with Crippen molar-refractivity contribution in [1.29, 1.82) is 0 Å². The van der Waals surface area contributed by atoms with Crippen molar-refractivity contribution in [3.8, 4) is 0 Å². The first kappa shape index (κ1) is 21.2. The molecule has 0 saturated carbocycles. The number of nitrogens with one attached hydrogen (secondary N) is 1. The molecule has 0 aliphatic heterocycles. The first-order valence-corrected chi connectivity index (χ1v) is 9.47. The van der Waals surface area contributed by atoms with Gasteiger partial charge in [-0.1, -0.05) is 36.8 Å². The lowest BCUT2D eigenvalue weighted by Crippen LogP contribution is -2.39. The lowest BCUT2D eigenvalue weighted by molar-refractivity contribution is 0.0760. The van der Waals surface area contributed by atoms with Crippen LogP contribution in [0.4, 0.5) is 0 Å². The summed E-state index contributed by atoms with van der Waals surface area (Å²) in [5, 5.41) is 0. The Labute approximate surface area is 166 Å². The van der Waals surface area contributed by atoms with Crippen LogP contribution in [0.1, 0.15) is 46.4 Å². The number of rotatable bonds is 6. The minimum Gasteiger partial charge on any atom is -0.337 e. The smallest absolute Gasteiger partial charge is 0.261 e. The maximum Gasteiger partial charge on any atom is 0.261 e. The van der Waals surface area contributed by atoms with Gasteiger partial charge in [-0.2, -0.15) is 0 Å². The van der Waals surface area contributed by atoms with Crippen LogP contribution in [0.15, 0.2) is 41.2 Å². The molecule has 1 heterocycles. The minimum absolute atomic E-state index is 0. The fourth-order valence-corrected chi connectivity index (χ4v) is 3.56. The van der Waals surface area contributed by atoms with Gasteiger partial charge in [-0.25, -0.2) is 0 Å². The summed E-state index contributed by atoms with van der Waals surface area (Å²) in [5.41, 5.74) is 8.94. The number of aromatic amines is 1. The molecule has 1 aliphatic carbocycles. The van der Waals surface area contributed by atoms with E-state index in [4.69, 9.17) is 5.73 Å². The third-order valence-electron chi connectivity index (χ3n) is 5.02. The number of fused-ring (bicyclic) bond motifs is 1. The maximum atomic E-state index is 13.0. The summed E-state index contributed by atoms with van der Waals surface area (Å²) in [4.78, 5) is 30.1. The van der Waals surface area contributed by atoms with Gasteiger partial charge in [0.15, 0.2) is 0 Å². The van der Waals surface area contributed by atoms with Gasteiger partial charge in [0.2, 0.25) is 0 Å². The van der Waals surface area contributed by atoms with Gasteiger partial charge >= 0.3 is 0 Å². The molecule has 2 aromatic rings. The molecule has 1 amide bonds. The van der Waals surface area contributed by atoms with Crippen molar-refractivity contribution in [3.05, 3.63) is 69.1 Å². The fourth-order valence-electron chi connectivity index (χ4n) is 3.56. The number of hydrogen-bond donors (Lipinski definition) is 2. The number of hydrogen-bond acceptors (Lipinski definition) is 3. The minimum atomic E-state index is -0.280. The van der Waals surface area contributed by atoms with Crippen molar-refractivity contribution < 1.29 is 4.79 Å². The Kier molecular flexibility index (Phi) is 8.07. The van der Waals surface area contributed by atoms with E-state index in [1.165, 1.54) is 0 Å². The summed E-state index contributed by atoms with van der Waals surface area (Å²) in [6.07, 6.45) is 5.92. The second kappa shape index (κ2) is 10.3. The summed E-state index contributed by atoms with van der Waals surface area (Å²) in [6, 6.07) is 11.8. The summed E-state index contributed by atoms with van der Waals surface area (Å²) in [5.74, 6) is -0.223. The van der Waals surface area contributed by atoms with E-state index in [1.54, 1.807) is 4.90 Å². The third-order valence-corrected chi connectivity index (χ3v) is 5.02. The number of halogens is 1. The van der Waals surface area contributed by atoms with Gasteiger partial charge in [0.1, 0.15) is 5.56 Å². The molecule has 1 aliphatic rings. The molecule has 3 rings (SSSR count). The number of benzene rings is 1. The number of H-pyrrole nitrogens is 1. The van der Waals surface area contributed by atoms with Crippen LogP contribution in [-0.2, 0) is 19.3 Å². The van der Waals surface area contributed by atoms with Crippen molar-refractivity contribution in [2.45, 2.75) is 38.5 Å². The Morgan fingerprint density at radius 2 is 1.81 bits per heavy atom. The van der Waals surface area contributed by atoms with Crippen LogP contribution in [0.3, 0.4) is 0 Å². The van der Waals surface area contributed by atoms with Gasteiger partial charge < -0.3 is 15.6 Å². The predicted octanol–water partition coefficient (Wildman–Crippen LogP) is 2.71. The highest BCUT2D eigenvalue weighted by molar-refractivity contribution is 5.94.